The molecule has 1 aromatic heterocycles. The van der Waals surface area contributed by atoms with E-state index >= 15 is 0 Å². The molecule has 0 radical (unpaired) electrons. The summed E-state index contributed by atoms with van der Waals surface area (Å²) in [4.78, 5) is 16.8. The average molecular weight is 405 g/mol. The number of hydrogen-bond acceptors (Lipinski definition) is 3. The number of aromatic nitrogens is 1. The van der Waals surface area contributed by atoms with Crippen molar-refractivity contribution < 1.29 is 13.6 Å². The van der Waals surface area contributed by atoms with Gasteiger partial charge < -0.3 is 5.32 Å². The van der Waals surface area contributed by atoms with Crippen LogP contribution in [0.5, 0.6) is 0 Å². The third kappa shape index (κ3) is 4.30. The average Bonchev–Trinajstić information content (AvgIpc) is 3.17. The number of alkyl halides is 2. The van der Waals surface area contributed by atoms with Gasteiger partial charge in [0.05, 0.1) is 16.0 Å². The van der Waals surface area contributed by atoms with Crippen LogP contribution >= 0.6 is 34.5 Å². The first-order chi connectivity index (χ1) is 11.9. The Morgan fingerprint density at radius 3 is 2.80 bits per heavy atom. The van der Waals surface area contributed by atoms with Crippen LogP contribution in [0.4, 0.5) is 13.9 Å². The quantitative estimate of drug-likeness (QED) is 0.663. The van der Waals surface area contributed by atoms with E-state index in [-0.39, 0.29) is 18.7 Å². The number of amides is 1. The minimum Gasteiger partial charge on any atom is -0.301 e. The molecule has 3 nitrogen and oxygen atoms in total. The smallest absolute Gasteiger partial charge is 0.250 e. The fourth-order valence-electron chi connectivity index (χ4n) is 3.18. The monoisotopic (exact) mass is 404 g/mol. The Hall–Kier alpha value is -1.24. The summed E-state index contributed by atoms with van der Waals surface area (Å²) in [5, 5.41) is 5.53. The molecule has 0 bridgehead atoms. The van der Waals surface area contributed by atoms with E-state index < -0.39 is 17.8 Å². The highest BCUT2D eigenvalue weighted by Crippen LogP contribution is 2.45. The lowest BCUT2D eigenvalue weighted by molar-refractivity contribution is -0.118. The topological polar surface area (TPSA) is 42.0 Å². The molecule has 0 saturated heterocycles. The van der Waals surface area contributed by atoms with Crippen LogP contribution in [-0.4, -0.2) is 16.8 Å². The Morgan fingerprint density at radius 2 is 2.20 bits per heavy atom. The summed E-state index contributed by atoms with van der Waals surface area (Å²) >= 11 is 13.3. The zero-order chi connectivity index (χ0) is 18.0. The standard InChI is InChI=1S/C17H16Cl2F2N2OS/c18-13-4-3-10(8-14(13)19)12(9-11-2-1-5-17(11,20)21)15(24)23-16-22-6-7-25-16/h3-4,6-8,11-12H,1-2,5,9H2,(H,22,23,24). The number of carbonyl (C=O) groups excluding carboxylic acids is 1. The van der Waals surface area contributed by atoms with Crippen LogP contribution in [0, 0.1) is 5.92 Å². The van der Waals surface area contributed by atoms with E-state index in [4.69, 9.17) is 23.2 Å². The molecule has 2 aromatic rings. The normalized spacial score (nSPS) is 20.4. The third-order valence-corrected chi connectivity index (χ3v) is 5.93. The molecule has 1 aliphatic carbocycles. The van der Waals surface area contributed by atoms with Gasteiger partial charge in [0, 0.05) is 23.9 Å². The second-order valence-electron chi connectivity index (χ2n) is 6.14. The van der Waals surface area contributed by atoms with Crippen molar-refractivity contribution in [3.8, 4) is 0 Å². The molecule has 1 aromatic carbocycles. The van der Waals surface area contributed by atoms with Gasteiger partial charge >= 0.3 is 0 Å². The molecule has 25 heavy (non-hydrogen) atoms. The van der Waals surface area contributed by atoms with Crippen molar-refractivity contribution in [1.82, 2.24) is 4.98 Å². The molecule has 1 fully saturated rings. The summed E-state index contributed by atoms with van der Waals surface area (Å²) < 4.78 is 28.2. The molecular weight excluding hydrogens is 389 g/mol. The molecule has 134 valence electrons. The summed E-state index contributed by atoms with van der Waals surface area (Å²) in [5.41, 5.74) is 0.575. The highest BCUT2D eigenvalue weighted by Gasteiger charge is 2.45. The first kappa shape index (κ1) is 18.5. The summed E-state index contributed by atoms with van der Waals surface area (Å²) in [6.07, 6.45) is 2.39. The Morgan fingerprint density at radius 1 is 1.40 bits per heavy atom. The zero-order valence-corrected chi connectivity index (χ0v) is 15.5. The number of benzene rings is 1. The van der Waals surface area contributed by atoms with Gasteiger partial charge in [-0.1, -0.05) is 29.3 Å². The summed E-state index contributed by atoms with van der Waals surface area (Å²) in [5.74, 6) is -4.67. The lowest BCUT2D eigenvalue weighted by Gasteiger charge is -2.24. The van der Waals surface area contributed by atoms with Crippen molar-refractivity contribution >= 4 is 45.6 Å². The molecule has 0 aliphatic heterocycles. The molecule has 1 amide bonds. The SMILES string of the molecule is O=C(Nc1nccs1)C(CC1CCCC1(F)F)c1ccc(Cl)c(Cl)c1. The fraction of sp³-hybridized carbons (Fsp3) is 0.412. The third-order valence-electron chi connectivity index (χ3n) is 4.51. The van der Waals surface area contributed by atoms with Gasteiger partial charge in [-0.3, -0.25) is 4.79 Å². The second-order valence-corrected chi connectivity index (χ2v) is 7.85. The van der Waals surface area contributed by atoms with Crippen LogP contribution in [0.25, 0.3) is 0 Å². The van der Waals surface area contributed by atoms with E-state index in [0.29, 0.717) is 33.6 Å². The number of nitrogens with one attached hydrogen (secondary N) is 1. The van der Waals surface area contributed by atoms with Gasteiger partial charge in [-0.25, -0.2) is 13.8 Å². The van der Waals surface area contributed by atoms with Crippen LogP contribution < -0.4 is 5.32 Å². The number of rotatable bonds is 5. The van der Waals surface area contributed by atoms with Crippen LogP contribution in [0.3, 0.4) is 0 Å². The van der Waals surface area contributed by atoms with Gasteiger partial charge in [0.15, 0.2) is 5.13 Å². The molecule has 2 unspecified atom stereocenters. The minimum atomic E-state index is -2.74. The van der Waals surface area contributed by atoms with Crippen LogP contribution in [0.2, 0.25) is 10.0 Å². The predicted octanol–water partition coefficient (Wildman–Crippen LogP) is 6.00. The number of thiazole rings is 1. The Kier molecular flexibility index (Phi) is 5.61. The van der Waals surface area contributed by atoms with E-state index in [0.717, 1.165) is 0 Å². The van der Waals surface area contributed by atoms with Gasteiger partial charge in [-0.05, 0) is 37.0 Å². The number of carbonyl (C=O) groups is 1. The van der Waals surface area contributed by atoms with Gasteiger partial charge in [0.1, 0.15) is 0 Å². The molecule has 1 heterocycles. The maximum atomic E-state index is 14.1. The lowest BCUT2D eigenvalue weighted by atomic mass is 9.86. The molecule has 1 aliphatic rings. The van der Waals surface area contributed by atoms with Crippen LogP contribution in [-0.2, 0) is 4.79 Å². The van der Waals surface area contributed by atoms with Crippen molar-refractivity contribution in [3.05, 3.63) is 45.4 Å². The van der Waals surface area contributed by atoms with E-state index in [2.05, 4.69) is 10.3 Å². The van der Waals surface area contributed by atoms with Crippen molar-refractivity contribution in [2.24, 2.45) is 5.92 Å². The first-order valence-electron chi connectivity index (χ1n) is 7.90. The van der Waals surface area contributed by atoms with E-state index in [1.165, 1.54) is 11.3 Å². The highest BCUT2D eigenvalue weighted by atomic mass is 35.5. The minimum absolute atomic E-state index is 0.0577. The number of nitrogens with zero attached hydrogens (tertiary/aromatic N) is 1. The molecule has 1 N–H and O–H groups in total. The van der Waals surface area contributed by atoms with Gasteiger partial charge in [-0.15, -0.1) is 11.3 Å². The van der Waals surface area contributed by atoms with Gasteiger partial charge in [0.2, 0.25) is 5.91 Å². The summed E-state index contributed by atoms with van der Waals surface area (Å²) in [7, 11) is 0. The molecule has 3 rings (SSSR count). The van der Waals surface area contributed by atoms with E-state index in [1.807, 2.05) is 0 Å². The molecule has 8 heteroatoms. The molecular formula is C17H16Cl2F2N2OS. The molecule has 1 saturated carbocycles. The van der Waals surface area contributed by atoms with Crippen molar-refractivity contribution in [2.45, 2.75) is 37.5 Å². The summed E-state index contributed by atoms with van der Waals surface area (Å²) in [6.45, 7) is 0. The van der Waals surface area contributed by atoms with E-state index in [9.17, 15) is 13.6 Å². The Balaban J connectivity index is 1.87. The first-order valence-corrected chi connectivity index (χ1v) is 9.53. The second kappa shape index (κ2) is 7.56. The maximum Gasteiger partial charge on any atom is 0.250 e. The zero-order valence-electron chi connectivity index (χ0n) is 13.1. The van der Waals surface area contributed by atoms with Gasteiger partial charge in [0.25, 0.3) is 5.92 Å². The Bertz CT molecular complexity index is 755. The van der Waals surface area contributed by atoms with Crippen molar-refractivity contribution in [3.63, 3.8) is 0 Å². The maximum absolute atomic E-state index is 14.1. The van der Waals surface area contributed by atoms with Gasteiger partial charge in [-0.2, -0.15) is 0 Å². The van der Waals surface area contributed by atoms with Crippen molar-refractivity contribution in [2.75, 3.05) is 5.32 Å². The predicted molar refractivity (Wildman–Crippen MR) is 96.9 cm³/mol. The van der Waals surface area contributed by atoms with Crippen LogP contribution in [0.15, 0.2) is 29.8 Å². The molecule has 0 spiro atoms. The number of hydrogen-bond donors (Lipinski definition) is 1. The number of halogens is 4. The largest absolute Gasteiger partial charge is 0.301 e. The van der Waals surface area contributed by atoms with Crippen LogP contribution in [0.1, 0.15) is 37.2 Å². The lowest BCUT2D eigenvalue weighted by Crippen LogP contribution is -2.29. The molecule has 2 atom stereocenters. The highest BCUT2D eigenvalue weighted by molar-refractivity contribution is 7.13. The van der Waals surface area contributed by atoms with E-state index in [1.54, 1.807) is 29.8 Å². The summed E-state index contributed by atoms with van der Waals surface area (Å²) in [6, 6.07) is 4.81. The van der Waals surface area contributed by atoms with Crippen molar-refractivity contribution in [1.29, 1.82) is 0 Å². The fourth-order valence-corrected chi connectivity index (χ4v) is 4.01. The Labute approximate surface area is 158 Å². The number of anilines is 1.